The molecule has 1 amide bonds. The van der Waals surface area contributed by atoms with Gasteiger partial charge < -0.3 is 9.64 Å². The van der Waals surface area contributed by atoms with Crippen LogP contribution in [0.5, 0.6) is 0 Å². The first-order valence-electron chi connectivity index (χ1n) is 6.87. The van der Waals surface area contributed by atoms with Crippen LogP contribution in [-0.4, -0.2) is 31.1 Å². The van der Waals surface area contributed by atoms with E-state index in [0.29, 0.717) is 38.2 Å². The molecule has 21 heavy (non-hydrogen) atoms. The van der Waals surface area contributed by atoms with E-state index in [1.165, 1.54) is 12.1 Å². The van der Waals surface area contributed by atoms with Gasteiger partial charge in [-0.25, -0.2) is 0 Å². The predicted molar refractivity (Wildman–Crippen MR) is 71.5 cm³/mol. The summed E-state index contributed by atoms with van der Waals surface area (Å²) in [6.07, 6.45) is -2.92. The van der Waals surface area contributed by atoms with Crippen molar-refractivity contribution in [1.29, 1.82) is 0 Å². The number of rotatable bonds is 3. The highest BCUT2D eigenvalue weighted by Crippen LogP contribution is 2.29. The smallest absolute Gasteiger partial charge is 0.381 e. The van der Waals surface area contributed by atoms with Gasteiger partial charge in [0.25, 0.3) is 0 Å². The van der Waals surface area contributed by atoms with Gasteiger partial charge in [0.05, 0.1) is 5.56 Å². The van der Waals surface area contributed by atoms with Crippen molar-refractivity contribution in [3.8, 4) is 0 Å². The fraction of sp³-hybridized carbons (Fsp3) is 0.533. The SMILES string of the molecule is CN(Cc1ccc(C(F)(F)F)cc1)C(=O)C1CCOCC1. The quantitative estimate of drug-likeness (QED) is 0.858. The highest BCUT2D eigenvalue weighted by atomic mass is 19.4. The maximum absolute atomic E-state index is 12.5. The average molecular weight is 301 g/mol. The van der Waals surface area contributed by atoms with Gasteiger partial charge >= 0.3 is 6.18 Å². The number of hydrogen-bond acceptors (Lipinski definition) is 2. The number of alkyl halides is 3. The third kappa shape index (κ3) is 4.20. The van der Waals surface area contributed by atoms with Crippen molar-refractivity contribution in [2.24, 2.45) is 5.92 Å². The lowest BCUT2D eigenvalue weighted by Crippen LogP contribution is -2.35. The number of carbonyl (C=O) groups excluding carboxylic acids is 1. The van der Waals surface area contributed by atoms with Crippen molar-refractivity contribution >= 4 is 5.91 Å². The molecule has 1 fully saturated rings. The second-order valence-corrected chi connectivity index (χ2v) is 5.28. The Morgan fingerprint density at radius 3 is 2.33 bits per heavy atom. The number of amides is 1. The molecule has 1 aliphatic rings. The molecule has 0 aromatic heterocycles. The molecular weight excluding hydrogens is 283 g/mol. The van der Waals surface area contributed by atoms with Gasteiger partial charge in [-0.15, -0.1) is 0 Å². The first kappa shape index (κ1) is 15.8. The van der Waals surface area contributed by atoms with E-state index in [0.717, 1.165) is 12.1 Å². The fourth-order valence-electron chi connectivity index (χ4n) is 2.41. The Morgan fingerprint density at radius 1 is 1.24 bits per heavy atom. The van der Waals surface area contributed by atoms with Gasteiger partial charge in [-0.1, -0.05) is 12.1 Å². The van der Waals surface area contributed by atoms with Gasteiger partial charge in [-0.3, -0.25) is 4.79 Å². The molecule has 0 atom stereocenters. The van der Waals surface area contributed by atoms with E-state index >= 15 is 0 Å². The Labute approximate surface area is 121 Å². The highest BCUT2D eigenvalue weighted by molar-refractivity contribution is 5.78. The van der Waals surface area contributed by atoms with Crippen LogP contribution in [0.4, 0.5) is 13.2 Å². The maximum atomic E-state index is 12.5. The van der Waals surface area contributed by atoms with Crippen molar-refractivity contribution in [2.45, 2.75) is 25.6 Å². The summed E-state index contributed by atoms with van der Waals surface area (Å²) < 4.78 is 42.6. The second kappa shape index (κ2) is 6.47. The fourth-order valence-corrected chi connectivity index (χ4v) is 2.41. The number of carbonyl (C=O) groups is 1. The van der Waals surface area contributed by atoms with Crippen LogP contribution in [0.15, 0.2) is 24.3 Å². The highest BCUT2D eigenvalue weighted by Gasteiger charge is 2.30. The van der Waals surface area contributed by atoms with Crippen LogP contribution < -0.4 is 0 Å². The van der Waals surface area contributed by atoms with Gasteiger partial charge in [0, 0.05) is 32.7 Å². The summed E-state index contributed by atoms with van der Waals surface area (Å²) in [6.45, 7) is 1.49. The van der Waals surface area contributed by atoms with Crippen molar-refractivity contribution < 1.29 is 22.7 Å². The first-order valence-corrected chi connectivity index (χ1v) is 6.87. The topological polar surface area (TPSA) is 29.5 Å². The van der Waals surface area contributed by atoms with Crippen LogP contribution in [0.25, 0.3) is 0 Å². The third-order valence-electron chi connectivity index (χ3n) is 3.65. The minimum atomic E-state index is -4.33. The molecule has 1 aliphatic heterocycles. The molecule has 0 spiro atoms. The molecule has 1 aromatic rings. The minimum absolute atomic E-state index is 0.0261. The summed E-state index contributed by atoms with van der Waals surface area (Å²) in [5, 5.41) is 0. The average Bonchev–Trinajstić information content (AvgIpc) is 2.47. The number of hydrogen-bond donors (Lipinski definition) is 0. The number of halogens is 3. The molecular formula is C15H18F3NO2. The van der Waals surface area contributed by atoms with Crippen molar-refractivity contribution in [1.82, 2.24) is 4.90 Å². The van der Waals surface area contributed by atoms with Crippen LogP contribution >= 0.6 is 0 Å². The molecule has 0 bridgehead atoms. The molecule has 0 N–H and O–H groups in total. The Bertz CT molecular complexity index is 479. The molecule has 2 rings (SSSR count). The lowest BCUT2D eigenvalue weighted by atomic mass is 9.98. The molecule has 0 radical (unpaired) electrons. The summed E-state index contributed by atoms with van der Waals surface area (Å²) in [5.41, 5.74) is 0.00979. The molecule has 1 heterocycles. The summed E-state index contributed by atoms with van der Waals surface area (Å²) in [7, 11) is 1.68. The van der Waals surface area contributed by atoms with Gasteiger partial charge in [0.1, 0.15) is 0 Å². The van der Waals surface area contributed by atoms with Crippen molar-refractivity contribution in [3.63, 3.8) is 0 Å². The number of benzene rings is 1. The molecule has 6 heteroatoms. The van der Waals surface area contributed by atoms with E-state index in [1.54, 1.807) is 11.9 Å². The standard InChI is InChI=1S/C15H18F3NO2/c1-19(14(20)12-6-8-21-9-7-12)10-11-2-4-13(5-3-11)15(16,17)18/h2-5,12H,6-10H2,1H3. The number of ether oxygens (including phenoxy) is 1. The zero-order valence-electron chi connectivity index (χ0n) is 11.8. The lowest BCUT2D eigenvalue weighted by molar-refractivity contribution is -0.138. The van der Waals surface area contributed by atoms with Crippen LogP contribution in [0.2, 0.25) is 0 Å². The molecule has 3 nitrogen and oxygen atoms in total. The summed E-state index contributed by atoms with van der Waals surface area (Å²) in [5.74, 6) is -0.0172. The summed E-state index contributed by atoms with van der Waals surface area (Å²) >= 11 is 0. The van der Waals surface area contributed by atoms with Crippen LogP contribution in [0, 0.1) is 5.92 Å². The Hall–Kier alpha value is -1.56. The van der Waals surface area contributed by atoms with Gasteiger partial charge in [-0.05, 0) is 30.5 Å². The molecule has 1 saturated heterocycles. The van der Waals surface area contributed by atoms with Crippen LogP contribution in [-0.2, 0) is 22.3 Å². The Kier molecular flexibility index (Phi) is 4.88. The number of nitrogens with zero attached hydrogens (tertiary/aromatic N) is 1. The van der Waals surface area contributed by atoms with E-state index in [1.807, 2.05) is 0 Å². The predicted octanol–water partition coefficient (Wildman–Crippen LogP) is 3.09. The van der Waals surface area contributed by atoms with Gasteiger partial charge in [0.15, 0.2) is 0 Å². The van der Waals surface area contributed by atoms with Crippen LogP contribution in [0.1, 0.15) is 24.0 Å². The third-order valence-corrected chi connectivity index (χ3v) is 3.65. The molecule has 0 unspecified atom stereocenters. The van der Waals surface area contributed by atoms with E-state index in [4.69, 9.17) is 4.74 Å². The summed E-state index contributed by atoms with van der Waals surface area (Å²) in [6, 6.07) is 4.91. The molecule has 0 aliphatic carbocycles. The largest absolute Gasteiger partial charge is 0.416 e. The first-order chi connectivity index (χ1) is 9.88. The zero-order valence-corrected chi connectivity index (χ0v) is 11.8. The molecule has 0 saturated carbocycles. The zero-order chi connectivity index (χ0) is 15.5. The van der Waals surface area contributed by atoms with Gasteiger partial charge in [0.2, 0.25) is 5.91 Å². The minimum Gasteiger partial charge on any atom is -0.381 e. The normalized spacial score (nSPS) is 16.8. The lowest BCUT2D eigenvalue weighted by Gasteiger charge is -2.26. The van der Waals surface area contributed by atoms with Crippen molar-refractivity contribution in [2.75, 3.05) is 20.3 Å². The van der Waals surface area contributed by atoms with E-state index in [9.17, 15) is 18.0 Å². The second-order valence-electron chi connectivity index (χ2n) is 5.28. The van der Waals surface area contributed by atoms with Gasteiger partial charge in [-0.2, -0.15) is 13.2 Å². The monoisotopic (exact) mass is 301 g/mol. The Balaban J connectivity index is 1.95. The Morgan fingerprint density at radius 2 is 1.81 bits per heavy atom. The van der Waals surface area contributed by atoms with E-state index in [-0.39, 0.29) is 11.8 Å². The van der Waals surface area contributed by atoms with Crippen molar-refractivity contribution in [3.05, 3.63) is 35.4 Å². The van der Waals surface area contributed by atoms with E-state index in [2.05, 4.69) is 0 Å². The summed E-state index contributed by atoms with van der Waals surface area (Å²) in [4.78, 5) is 13.8. The van der Waals surface area contributed by atoms with Crippen LogP contribution in [0.3, 0.4) is 0 Å². The maximum Gasteiger partial charge on any atom is 0.416 e. The molecule has 116 valence electrons. The van der Waals surface area contributed by atoms with E-state index < -0.39 is 11.7 Å². The molecule has 1 aromatic carbocycles.